The largest absolute Gasteiger partial charge is 0.465 e. The number of halogens is 1. The summed E-state index contributed by atoms with van der Waals surface area (Å²) in [5, 5.41) is 13.8. The second-order valence-corrected chi connectivity index (χ2v) is 7.23. The van der Waals surface area contributed by atoms with Gasteiger partial charge in [-0.1, -0.05) is 0 Å². The van der Waals surface area contributed by atoms with E-state index in [2.05, 4.69) is 0 Å². The van der Waals surface area contributed by atoms with Crippen LogP contribution in [0.15, 0.2) is 34.2 Å². The van der Waals surface area contributed by atoms with E-state index in [1.165, 1.54) is 15.9 Å². The minimum Gasteiger partial charge on any atom is -0.465 e. The van der Waals surface area contributed by atoms with Crippen LogP contribution in [-0.4, -0.2) is 61.5 Å². The molecule has 2 amide bonds. The number of primary sulfonamides is 1. The number of carbonyl (C=O) groups is 2. The Kier molecular flexibility index (Phi) is 3.80. The number of carboxylic acid groups (broad SMARTS) is 1. The zero-order valence-electron chi connectivity index (χ0n) is 12.4. The summed E-state index contributed by atoms with van der Waals surface area (Å²) in [6.07, 6.45) is -1.01. The van der Waals surface area contributed by atoms with Gasteiger partial charge in [-0.25, -0.2) is 22.7 Å². The standard InChI is InChI=1S/C14H14FN3O5S/c15-11-3-8(1-2-12(11)24(16,22)23)13(19)17-4-9-6-18(14(20)21)7-10(9)5-17/h1-3H,4-7H2,(H,20,21)(H2,16,22,23). The van der Waals surface area contributed by atoms with Gasteiger partial charge in [-0.2, -0.15) is 0 Å². The van der Waals surface area contributed by atoms with Crippen molar-refractivity contribution in [1.29, 1.82) is 0 Å². The number of rotatable bonds is 2. The highest BCUT2D eigenvalue weighted by Crippen LogP contribution is 2.27. The van der Waals surface area contributed by atoms with Gasteiger partial charge in [0.25, 0.3) is 5.91 Å². The lowest BCUT2D eigenvalue weighted by atomic mass is 10.2. The molecule has 2 aliphatic rings. The second kappa shape index (κ2) is 5.56. The lowest BCUT2D eigenvalue weighted by Gasteiger charge is -2.21. The van der Waals surface area contributed by atoms with Crippen molar-refractivity contribution >= 4 is 22.0 Å². The van der Waals surface area contributed by atoms with Gasteiger partial charge < -0.3 is 14.9 Å². The summed E-state index contributed by atoms with van der Waals surface area (Å²) in [6.45, 7) is 1.06. The fourth-order valence-corrected chi connectivity index (χ4v) is 3.50. The number of sulfonamides is 1. The molecular weight excluding hydrogens is 341 g/mol. The molecule has 128 valence electrons. The van der Waals surface area contributed by atoms with Crippen LogP contribution in [0, 0.1) is 5.82 Å². The molecule has 2 heterocycles. The van der Waals surface area contributed by atoms with E-state index in [1.54, 1.807) is 0 Å². The van der Waals surface area contributed by atoms with E-state index >= 15 is 0 Å². The summed E-state index contributed by atoms with van der Waals surface area (Å²) in [7, 11) is -4.19. The van der Waals surface area contributed by atoms with Crippen molar-refractivity contribution in [3.05, 3.63) is 40.7 Å². The van der Waals surface area contributed by atoms with Gasteiger partial charge in [0.1, 0.15) is 10.7 Å². The predicted octanol–water partition coefficient (Wildman–Crippen LogP) is 0.219. The first-order valence-corrected chi connectivity index (χ1v) is 8.50. The average molecular weight is 355 g/mol. The number of nitrogens with two attached hydrogens (primary N) is 1. The molecule has 10 heteroatoms. The van der Waals surface area contributed by atoms with Crippen LogP contribution >= 0.6 is 0 Å². The Morgan fingerprint density at radius 3 is 2.08 bits per heavy atom. The Balaban J connectivity index is 1.74. The van der Waals surface area contributed by atoms with Crippen molar-refractivity contribution in [2.24, 2.45) is 5.14 Å². The van der Waals surface area contributed by atoms with Crippen LogP contribution in [0.1, 0.15) is 10.4 Å². The van der Waals surface area contributed by atoms with E-state index in [0.29, 0.717) is 0 Å². The molecule has 0 atom stereocenters. The van der Waals surface area contributed by atoms with Gasteiger partial charge in [0.15, 0.2) is 0 Å². The van der Waals surface area contributed by atoms with E-state index in [1.807, 2.05) is 0 Å². The van der Waals surface area contributed by atoms with Crippen LogP contribution in [-0.2, 0) is 10.0 Å². The molecule has 1 aromatic rings. The quantitative estimate of drug-likeness (QED) is 0.735. The van der Waals surface area contributed by atoms with Gasteiger partial charge in [-0.15, -0.1) is 0 Å². The zero-order valence-corrected chi connectivity index (χ0v) is 13.2. The molecule has 8 nitrogen and oxygen atoms in total. The fraction of sp³-hybridized carbons (Fsp3) is 0.286. The molecule has 3 N–H and O–H groups in total. The Labute approximate surface area is 137 Å². The van der Waals surface area contributed by atoms with Crippen LogP contribution in [0.25, 0.3) is 0 Å². The van der Waals surface area contributed by atoms with E-state index < -0.39 is 32.7 Å². The topological polar surface area (TPSA) is 121 Å². The normalized spacial score (nSPS) is 17.4. The van der Waals surface area contributed by atoms with Crippen molar-refractivity contribution in [2.45, 2.75) is 4.90 Å². The van der Waals surface area contributed by atoms with Gasteiger partial charge in [-0.05, 0) is 29.3 Å². The monoisotopic (exact) mass is 355 g/mol. The molecule has 0 saturated heterocycles. The van der Waals surface area contributed by atoms with Gasteiger partial charge >= 0.3 is 6.09 Å². The number of hydrogen-bond donors (Lipinski definition) is 2. The van der Waals surface area contributed by atoms with E-state index in [0.717, 1.165) is 23.3 Å². The summed E-state index contributed by atoms with van der Waals surface area (Å²) < 4.78 is 36.2. The van der Waals surface area contributed by atoms with Crippen LogP contribution in [0.3, 0.4) is 0 Å². The molecule has 0 aliphatic carbocycles. The fourth-order valence-electron chi connectivity index (χ4n) is 2.91. The zero-order chi connectivity index (χ0) is 17.6. The third kappa shape index (κ3) is 2.85. The maximum Gasteiger partial charge on any atom is 0.407 e. The Hall–Kier alpha value is -2.46. The van der Waals surface area contributed by atoms with Crippen LogP contribution in [0.5, 0.6) is 0 Å². The van der Waals surface area contributed by atoms with Crippen molar-refractivity contribution in [1.82, 2.24) is 9.80 Å². The maximum absolute atomic E-state index is 13.9. The minimum absolute atomic E-state index is 0.0103. The third-order valence-electron chi connectivity index (χ3n) is 4.07. The summed E-state index contributed by atoms with van der Waals surface area (Å²) in [5.41, 5.74) is 1.75. The highest BCUT2D eigenvalue weighted by atomic mass is 32.2. The summed E-state index contributed by atoms with van der Waals surface area (Å²) in [5.74, 6) is -1.54. The Bertz CT molecular complexity index is 862. The lowest BCUT2D eigenvalue weighted by Crippen LogP contribution is -2.35. The molecule has 24 heavy (non-hydrogen) atoms. The minimum atomic E-state index is -4.19. The predicted molar refractivity (Wildman–Crippen MR) is 80.3 cm³/mol. The van der Waals surface area contributed by atoms with Gasteiger partial charge in [0, 0.05) is 31.7 Å². The Morgan fingerprint density at radius 1 is 1.08 bits per heavy atom. The van der Waals surface area contributed by atoms with Gasteiger partial charge in [0.05, 0.1) is 0 Å². The highest BCUT2D eigenvalue weighted by molar-refractivity contribution is 7.89. The SMILES string of the molecule is NS(=O)(=O)c1ccc(C(=O)N2CC3=C(CN(C(=O)O)C3)C2)cc1F. The first-order chi connectivity index (χ1) is 11.2. The molecule has 0 spiro atoms. The molecular formula is C14H14FN3O5S. The molecule has 0 fully saturated rings. The first kappa shape index (κ1) is 16.4. The van der Waals surface area contributed by atoms with Crippen molar-refractivity contribution in [3.8, 4) is 0 Å². The van der Waals surface area contributed by atoms with Crippen molar-refractivity contribution in [3.63, 3.8) is 0 Å². The number of amides is 2. The number of carbonyl (C=O) groups excluding carboxylic acids is 1. The van der Waals surface area contributed by atoms with Crippen LogP contribution < -0.4 is 5.14 Å². The molecule has 0 radical (unpaired) electrons. The van der Waals surface area contributed by atoms with Gasteiger partial charge in [-0.3, -0.25) is 4.79 Å². The third-order valence-corrected chi connectivity index (χ3v) is 5.01. The first-order valence-electron chi connectivity index (χ1n) is 6.96. The summed E-state index contributed by atoms with van der Waals surface area (Å²) >= 11 is 0. The molecule has 0 unspecified atom stereocenters. The summed E-state index contributed by atoms with van der Waals surface area (Å²) in [4.78, 5) is 25.4. The van der Waals surface area contributed by atoms with Crippen LogP contribution in [0.2, 0.25) is 0 Å². The van der Waals surface area contributed by atoms with Gasteiger partial charge in [0.2, 0.25) is 10.0 Å². The maximum atomic E-state index is 13.9. The molecule has 0 saturated carbocycles. The number of nitrogens with zero attached hydrogens (tertiary/aromatic N) is 2. The van der Waals surface area contributed by atoms with Crippen molar-refractivity contribution in [2.75, 3.05) is 26.2 Å². The molecule has 1 aromatic carbocycles. The van der Waals surface area contributed by atoms with Crippen molar-refractivity contribution < 1.29 is 27.5 Å². The molecule has 0 bridgehead atoms. The molecule has 2 aliphatic heterocycles. The number of hydrogen-bond acceptors (Lipinski definition) is 4. The lowest BCUT2D eigenvalue weighted by molar-refractivity contribution is 0.0790. The average Bonchev–Trinajstić information content (AvgIpc) is 3.03. The number of benzene rings is 1. The Morgan fingerprint density at radius 2 is 1.62 bits per heavy atom. The highest BCUT2D eigenvalue weighted by Gasteiger charge is 2.34. The smallest absolute Gasteiger partial charge is 0.407 e. The second-order valence-electron chi connectivity index (χ2n) is 5.70. The van der Waals surface area contributed by atoms with Crippen LogP contribution in [0.4, 0.5) is 9.18 Å². The van der Waals surface area contributed by atoms with E-state index in [-0.39, 0.29) is 31.7 Å². The van der Waals surface area contributed by atoms with E-state index in [9.17, 15) is 22.4 Å². The van der Waals surface area contributed by atoms with E-state index in [4.69, 9.17) is 10.2 Å². The molecule has 0 aromatic heterocycles. The molecule has 3 rings (SSSR count). The summed E-state index contributed by atoms with van der Waals surface area (Å²) in [6, 6.07) is 3.01.